The first kappa shape index (κ1) is 14.9. The van der Waals surface area contributed by atoms with Crippen LogP contribution in [0, 0.1) is 10.1 Å². The van der Waals surface area contributed by atoms with Gasteiger partial charge >= 0.3 is 5.97 Å². The molecule has 0 spiro atoms. The molecule has 7 nitrogen and oxygen atoms in total. The van der Waals surface area contributed by atoms with E-state index in [0.717, 1.165) is 11.1 Å². The van der Waals surface area contributed by atoms with Crippen LogP contribution in [0.15, 0.2) is 29.8 Å². The fourth-order valence-electron chi connectivity index (χ4n) is 1.87. The second-order valence-electron chi connectivity index (χ2n) is 4.27. The fraction of sp³-hybridized carbons (Fsp3) is 0.231. The SMILES string of the molecule is CCC(Nc1ccc(C(=O)O)cc1[N+](=O)[O-])c1nccs1. The molecule has 2 aromatic rings. The number of benzene rings is 1. The van der Waals surface area contributed by atoms with Crippen LogP contribution in [0.5, 0.6) is 0 Å². The minimum absolute atomic E-state index is 0.116. The van der Waals surface area contributed by atoms with Gasteiger partial charge in [-0.15, -0.1) is 11.3 Å². The van der Waals surface area contributed by atoms with E-state index in [1.54, 1.807) is 6.20 Å². The van der Waals surface area contributed by atoms with Gasteiger partial charge in [0.25, 0.3) is 5.69 Å². The van der Waals surface area contributed by atoms with Crippen LogP contribution < -0.4 is 5.32 Å². The maximum Gasteiger partial charge on any atom is 0.335 e. The van der Waals surface area contributed by atoms with E-state index >= 15 is 0 Å². The highest BCUT2D eigenvalue weighted by Crippen LogP contribution is 2.31. The van der Waals surface area contributed by atoms with E-state index in [0.29, 0.717) is 6.42 Å². The number of hydrogen-bond donors (Lipinski definition) is 2. The van der Waals surface area contributed by atoms with Crippen LogP contribution >= 0.6 is 11.3 Å². The molecule has 0 saturated carbocycles. The van der Waals surface area contributed by atoms with Gasteiger partial charge in [0.05, 0.1) is 16.5 Å². The summed E-state index contributed by atoms with van der Waals surface area (Å²) in [5.74, 6) is -1.20. The number of rotatable bonds is 6. The molecule has 0 amide bonds. The highest BCUT2D eigenvalue weighted by Gasteiger charge is 2.20. The quantitative estimate of drug-likeness (QED) is 0.626. The van der Waals surface area contributed by atoms with E-state index in [1.807, 2.05) is 12.3 Å². The van der Waals surface area contributed by atoms with Gasteiger partial charge in [-0.25, -0.2) is 9.78 Å². The fourth-order valence-corrected chi connectivity index (χ4v) is 2.64. The summed E-state index contributed by atoms with van der Waals surface area (Å²) in [6.45, 7) is 1.94. The topological polar surface area (TPSA) is 105 Å². The zero-order valence-electron chi connectivity index (χ0n) is 11.1. The zero-order chi connectivity index (χ0) is 15.4. The first-order valence-electron chi connectivity index (χ1n) is 6.20. The molecule has 1 atom stereocenters. The predicted molar refractivity (Wildman–Crippen MR) is 78.8 cm³/mol. The van der Waals surface area contributed by atoms with Gasteiger partial charge in [-0.3, -0.25) is 10.1 Å². The molecule has 0 fully saturated rings. The van der Waals surface area contributed by atoms with Crippen LogP contribution in [-0.4, -0.2) is 21.0 Å². The van der Waals surface area contributed by atoms with Gasteiger partial charge in [0.15, 0.2) is 0 Å². The summed E-state index contributed by atoms with van der Waals surface area (Å²) in [5, 5.41) is 25.7. The third-order valence-electron chi connectivity index (χ3n) is 2.93. The molecule has 110 valence electrons. The van der Waals surface area contributed by atoms with E-state index in [9.17, 15) is 14.9 Å². The second-order valence-corrected chi connectivity index (χ2v) is 5.20. The number of anilines is 1. The number of carbonyl (C=O) groups is 1. The number of nitrogens with zero attached hydrogens (tertiary/aromatic N) is 2. The van der Waals surface area contributed by atoms with Crippen molar-refractivity contribution < 1.29 is 14.8 Å². The van der Waals surface area contributed by atoms with Gasteiger partial charge in [0, 0.05) is 17.6 Å². The van der Waals surface area contributed by atoms with Gasteiger partial charge in [0.1, 0.15) is 10.7 Å². The third-order valence-corrected chi connectivity index (χ3v) is 3.82. The van der Waals surface area contributed by atoms with E-state index in [1.165, 1.54) is 23.5 Å². The Hall–Kier alpha value is -2.48. The van der Waals surface area contributed by atoms with Crippen molar-refractivity contribution in [1.82, 2.24) is 4.98 Å². The van der Waals surface area contributed by atoms with Crippen molar-refractivity contribution in [3.8, 4) is 0 Å². The standard InChI is InChI=1S/C13H13N3O4S/c1-2-9(12-14-5-6-21-12)15-10-4-3-8(13(17)18)7-11(10)16(19)20/h3-7,9,15H,2H2,1H3,(H,17,18). The van der Waals surface area contributed by atoms with Crippen molar-refractivity contribution in [2.24, 2.45) is 0 Å². The Balaban J connectivity index is 2.34. The molecule has 0 aliphatic heterocycles. The lowest BCUT2D eigenvalue weighted by Crippen LogP contribution is -2.11. The molecule has 2 N–H and O–H groups in total. The molecule has 0 saturated heterocycles. The van der Waals surface area contributed by atoms with Crippen molar-refractivity contribution in [3.63, 3.8) is 0 Å². The average molecular weight is 307 g/mol. The number of aromatic carboxylic acids is 1. The van der Waals surface area contributed by atoms with Crippen LogP contribution in [0.25, 0.3) is 0 Å². The Morgan fingerprint density at radius 3 is 2.86 bits per heavy atom. The molecule has 1 heterocycles. The summed E-state index contributed by atoms with van der Waals surface area (Å²) in [4.78, 5) is 25.6. The number of nitrogens with one attached hydrogen (secondary N) is 1. The Morgan fingerprint density at radius 2 is 2.33 bits per heavy atom. The Kier molecular flexibility index (Phi) is 4.49. The second kappa shape index (κ2) is 6.31. The Morgan fingerprint density at radius 1 is 1.57 bits per heavy atom. The van der Waals surface area contributed by atoms with E-state index in [-0.39, 0.29) is 23.0 Å². The van der Waals surface area contributed by atoms with Crippen LogP contribution in [0.3, 0.4) is 0 Å². The third kappa shape index (κ3) is 3.34. The van der Waals surface area contributed by atoms with Crippen molar-refractivity contribution in [1.29, 1.82) is 0 Å². The zero-order valence-corrected chi connectivity index (χ0v) is 12.0. The summed E-state index contributed by atoms with van der Waals surface area (Å²) in [6, 6.07) is 3.66. The van der Waals surface area contributed by atoms with Crippen LogP contribution in [-0.2, 0) is 0 Å². The van der Waals surface area contributed by atoms with Gasteiger partial charge in [0.2, 0.25) is 0 Å². The van der Waals surface area contributed by atoms with E-state index in [2.05, 4.69) is 10.3 Å². The number of thiazole rings is 1. The molecule has 8 heteroatoms. The van der Waals surface area contributed by atoms with Crippen LogP contribution in [0.4, 0.5) is 11.4 Å². The number of hydrogen-bond acceptors (Lipinski definition) is 6. The summed E-state index contributed by atoms with van der Waals surface area (Å²) in [6.07, 6.45) is 2.37. The largest absolute Gasteiger partial charge is 0.478 e. The molecule has 0 bridgehead atoms. The molecule has 0 aliphatic rings. The number of nitro benzene ring substituents is 1. The van der Waals surface area contributed by atoms with Gasteiger partial charge < -0.3 is 10.4 Å². The van der Waals surface area contributed by atoms with Crippen molar-refractivity contribution >= 4 is 28.7 Å². The molecule has 2 rings (SSSR count). The minimum atomic E-state index is -1.20. The first-order valence-corrected chi connectivity index (χ1v) is 7.08. The molecule has 21 heavy (non-hydrogen) atoms. The van der Waals surface area contributed by atoms with Gasteiger partial charge in [-0.1, -0.05) is 6.92 Å². The number of nitro groups is 1. The lowest BCUT2D eigenvalue weighted by molar-refractivity contribution is -0.384. The molecule has 0 radical (unpaired) electrons. The highest BCUT2D eigenvalue weighted by atomic mass is 32.1. The van der Waals surface area contributed by atoms with Gasteiger partial charge in [-0.05, 0) is 18.6 Å². The van der Waals surface area contributed by atoms with Crippen molar-refractivity contribution in [2.45, 2.75) is 19.4 Å². The first-order chi connectivity index (χ1) is 10.0. The highest BCUT2D eigenvalue weighted by molar-refractivity contribution is 7.09. The number of carboxylic acid groups (broad SMARTS) is 1. The number of carboxylic acids is 1. The molecule has 1 aromatic heterocycles. The van der Waals surface area contributed by atoms with E-state index in [4.69, 9.17) is 5.11 Å². The molecule has 0 aliphatic carbocycles. The van der Waals surface area contributed by atoms with Crippen molar-refractivity contribution in [2.75, 3.05) is 5.32 Å². The average Bonchev–Trinajstić information content (AvgIpc) is 2.98. The van der Waals surface area contributed by atoms with Crippen molar-refractivity contribution in [3.05, 3.63) is 50.5 Å². The normalized spacial score (nSPS) is 11.9. The smallest absolute Gasteiger partial charge is 0.335 e. The van der Waals surface area contributed by atoms with Crippen LogP contribution in [0.1, 0.15) is 34.8 Å². The maximum absolute atomic E-state index is 11.1. The number of aromatic nitrogens is 1. The molecule has 1 aromatic carbocycles. The summed E-state index contributed by atoms with van der Waals surface area (Å²) >= 11 is 1.46. The lowest BCUT2D eigenvalue weighted by atomic mass is 10.1. The Bertz CT molecular complexity index is 657. The van der Waals surface area contributed by atoms with E-state index < -0.39 is 10.9 Å². The van der Waals surface area contributed by atoms with Crippen LogP contribution in [0.2, 0.25) is 0 Å². The van der Waals surface area contributed by atoms with Gasteiger partial charge in [-0.2, -0.15) is 0 Å². The summed E-state index contributed by atoms with van der Waals surface area (Å²) in [7, 11) is 0. The Labute approximate surface area is 124 Å². The maximum atomic E-state index is 11.1. The molecule has 1 unspecified atom stereocenters. The summed E-state index contributed by atoms with van der Waals surface area (Å²) < 4.78 is 0. The monoisotopic (exact) mass is 307 g/mol. The minimum Gasteiger partial charge on any atom is -0.478 e. The predicted octanol–water partition coefficient (Wildman–Crippen LogP) is 3.31. The lowest BCUT2D eigenvalue weighted by Gasteiger charge is -2.16. The molecular formula is C13H13N3O4S. The summed E-state index contributed by atoms with van der Waals surface area (Å²) in [5.41, 5.74) is -0.0912. The molecular weight excluding hydrogens is 294 g/mol.